The summed E-state index contributed by atoms with van der Waals surface area (Å²) in [7, 11) is 0. The Kier molecular flexibility index (Phi) is 7.59. The van der Waals surface area contributed by atoms with Crippen LogP contribution in [0, 0.1) is 5.82 Å². The third-order valence-corrected chi connectivity index (χ3v) is 5.10. The highest BCUT2D eigenvalue weighted by Crippen LogP contribution is 2.33. The molecule has 3 N–H and O–H groups in total. The number of nitrogens with zero attached hydrogens (tertiary/aromatic N) is 1. The lowest BCUT2D eigenvalue weighted by Crippen LogP contribution is -2.45. The number of nitrogens with one attached hydrogen (secondary N) is 3. The summed E-state index contributed by atoms with van der Waals surface area (Å²) < 4.78 is 13.1. The number of carbonyl (C=O) groups is 3. The van der Waals surface area contributed by atoms with E-state index in [0.717, 1.165) is 36.9 Å². The van der Waals surface area contributed by atoms with Gasteiger partial charge in [-0.2, -0.15) is 0 Å². The maximum Gasteiger partial charge on any atom is 0.321 e. The van der Waals surface area contributed by atoms with Crippen LogP contribution in [-0.2, 0) is 11.2 Å². The first-order chi connectivity index (χ1) is 15.0. The molecule has 164 valence electrons. The Balaban J connectivity index is 1.66. The first kappa shape index (κ1) is 22.3. The Hall–Kier alpha value is -3.42. The number of urea groups is 1. The number of carbonyl (C=O) groups excluding carboxylic acids is 3. The van der Waals surface area contributed by atoms with Crippen molar-refractivity contribution in [2.45, 2.75) is 32.6 Å². The molecule has 8 heteroatoms. The summed E-state index contributed by atoms with van der Waals surface area (Å²) in [6, 6.07) is 10.4. The van der Waals surface area contributed by atoms with Gasteiger partial charge in [0.2, 0.25) is 5.91 Å². The van der Waals surface area contributed by atoms with Gasteiger partial charge in [-0.15, -0.1) is 0 Å². The molecule has 2 aromatic rings. The van der Waals surface area contributed by atoms with Crippen molar-refractivity contribution in [2.24, 2.45) is 0 Å². The predicted molar refractivity (Wildman–Crippen MR) is 118 cm³/mol. The van der Waals surface area contributed by atoms with Crippen molar-refractivity contribution in [1.29, 1.82) is 0 Å². The van der Waals surface area contributed by atoms with Gasteiger partial charge in [-0.1, -0.05) is 19.4 Å². The molecule has 0 unspecified atom stereocenters. The molecule has 0 bridgehead atoms. The van der Waals surface area contributed by atoms with Crippen LogP contribution in [0.1, 0.15) is 42.1 Å². The van der Waals surface area contributed by atoms with Crippen molar-refractivity contribution < 1.29 is 18.8 Å². The van der Waals surface area contributed by atoms with Crippen molar-refractivity contribution in [3.8, 4) is 0 Å². The molecule has 31 heavy (non-hydrogen) atoms. The molecule has 1 heterocycles. The van der Waals surface area contributed by atoms with E-state index >= 15 is 0 Å². The van der Waals surface area contributed by atoms with Crippen LogP contribution in [0.5, 0.6) is 0 Å². The highest BCUT2D eigenvalue weighted by molar-refractivity contribution is 6.05. The lowest BCUT2D eigenvalue weighted by atomic mass is 9.99. The number of hydrogen-bond donors (Lipinski definition) is 3. The van der Waals surface area contributed by atoms with Crippen LogP contribution in [0.3, 0.4) is 0 Å². The average molecular weight is 426 g/mol. The van der Waals surface area contributed by atoms with Gasteiger partial charge in [-0.05, 0) is 61.2 Å². The van der Waals surface area contributed by atoms with E-state index in [1.54, 1.807) is 0 Å². The summed E-state index contributed by atoms with van der Waals surface area (Å²) >= 11 is 0. The lowest BCUT2D eigenvalue weighted by Gasteiger charge is -2.32. The summed E-state index contributed by atoms with van der Waals surface area (Å²) in [6.07, 6.45) is 3.38. The molecule has 0 saturated carbocycles. The fourth-order valence-electron chi connectivity index (χ4n) is 3.54. The first-order valence-corrected chi connectivity index (χ1v) is 10.5. The van der Waals surface area contributed by atoms with E-state index in [2.05, 4.69) is 16.0 Å². The van der Waals surface area contributed by atoms with Gasteiger partial charge >= 0.3 is 6.03 Å². The molecule has 7 nitrogen and oxygen atoms in total. The largest absolute Gasteiger partial charge is 0.362 e. The van der Waals surface area contributed by atoms with E-state index in [1.807, 2.05) is 30.0 Å². The first-order valence-electron chi connectivity index (χ1n) is 10.5. The summed E-state index contributed by atoms with van der Waals surface area (Å²) in [5, 5.41) is 7.91. The fourth-order valence-corrected chi connectivity index (χ4v) is 3.54. The van der Waals surface area contributed by atoms with Crippen LogP contribution in [0.25, 0.3) is 0 Å². The van der Waals surface area contributed by atoms with Crippen LogP contribution in [0.15, 0.2) is 42.5 Å². The van der Waals surface area contributed by atoms with Gasteiger partial charge in [0, 0.05) is 30.0 Å². The number of anilines is 2. The minimum atomic E-state index is -0.490. The molecule has 0 atom stereocenters. The highest BCUT2D eigenvalue weighted by atomic mass is 19.1. The Morgan fingerprint density at radius 3 is 2.61 bits per heavy atom. The van der Waals surface area contributed by atoms with Gasteiger partial charge in [0.15, 0.2) is 0 Å². The molecule has 0 spiro atoms. The van der Waals surface area contributed by atoms with Crippen molar-refractivity contribution >= 4 is 29.2 Å². The van der Waals surface area contributed by atoms with Crippen LogP contribution in [0.2, 0.25) is 0 Å². The number of hydrogen-bond acceptors (Lipinski definition) is 4. The fraction of sp³-hybridized carbons (Fsp3) is 0.348. The molecular weight excluding hydrogens is 399 g/mol. The minimum Gasteiger partial charge on any atom is -0.362 e. The summed E-state index contributed by atoms with van der Waals surface area (Å²) in [5.41, 5.74) is 2.81. The molecule has 1 aliphatic rings. The van der Waals surface area contributed by atoms with Crippen molar-refractivity contribution in [2.75, 3.05) is 29.9 Å². The number of fused-ring (bicyclic) bond motifs is 1. The molecule has 2 aromatic carbocycles. The second kappa shape index (κ2) is 10.6. The summed E-state index contributed by atoms with van der Waals surface area (Å²) in [5.74, 6) is -1.11. The molecular formula is C23H27FN4O3. The number of halogens is 1. The molecule has 1 aliphatic heterocycles. The second-order valence-electron chi connectivity index (χ2n) is 7.45. The zero-order valence-corrected chi connectivity index (χ0v) is 17.5. The molecule has 0 aromatic heterocycles. The standard InChI is InChI=1S/C23H27FN4O3/c1-2-3-13-25-23(31)27-21(29)15-28-14-5-6-18-19(7-4-8-20(18)28)26-22(30)16-9-11-17(24)12-10-16/h4,7-12H,2-3,5-6,13-15H2,1H3,(H,26,30)(H2,25,27,29,31). The van der Waals surface area contributed by atoms with E-state index in [4.69, 9.17) is 0 Å². The van der Waals surface area contributed by atoms with Gasteiger partial charge in [0.05, 0.1) is 6.54 Å². The van der Waals surface area contributed by atoms with Gasteiger partial charge in [0.25, 0.3) is 5.91 Å². The molecule has 0 fully saturated rings. The van der Waals surface area contributed by atoms with E-state index in [-0.39, 0.29) is 18.4 Å². The number of rotatable bonds is 7. The summed E-state index contributed by atoms with van der Waals surface area (Å²) in [6.45, 7) is 3.27. The Bertz CT molecular complexity index is 946. The van der Waals surface area contributed by atoms with E-state index in [9.17, 15) is 18.8 Å². The molecule has 3 rings (SSSR count). The second-order valence-corrected chi connectivity index (χ2v) is 7.45. The van der Waals surface area contributed by atoms with Gasteiger partial charge in [-0.3, -0.25) is 14.9 Å². The molecule has 0 saturated heterocycles. The lowest BCUT2D eigenvalue weighted by molar-refractivity contribution is -0.118. The Morgan fingerprint density at radius 2 is 1.87 bits per heavy atom. The maximum absolute atomic E-state index is 13.1. The van der Waals surface area contributed by atoms with Crippen molar-refractivity contribution in [3.05, 3.63) is 59.4 Å². The molecule has 4 amide bonds. The topological polar surface area (TPSA) is 90.5 Å². The quantitative estimate of drug-likeness (QED) is 0.592. The van der Waals surface area contributed by atoms with E-state index in [0.29, 0.717) is 24.3 Å². The van der Waals surface area contributed by atoms with Crippen LogP contribution < -0.4 is 20.9 Å². The highest BCUT2D eigenvalue weighted by Gasteiger charge is 2.23. The number of unbranched alkanes of at least 4 members (excludes halogenated alkanes) is 1. The Labute approximate surface area is 181 Å². The van der Waals surface area contributed by atoms with Gasteiger partial charge in [0.1, 0.15) is 5.82 Å². The maximum atomic E-state index is 13.1. The van der Waals surface area contributed by atoms with Crippen molar-refractivity contribution in [3.63, 3.8) is 0 Å². The van der Waals surface area contributed by atoms with Gasteiger partial charge in [-0.25, -0.2) is 9.18 Å². The molecule has 0 aliphatic carbocycles. The third kappa shape index (κ3) is 6.04. The van der Waals surface area contributed by atoms with Gasteiger partial charge < -0.3 is 15.5 Å². The van der Waals surface area contributed by atoms with E-state index < -0.39 is 11.8 Å². The summed E-state index contributed by atoms with van der Waals surface area (Å²) in [4.78, 5) is 38.6. The Morgan fingerprint density at radius 1 is 1.10 bits per heavy atom. The van der Waals surface area contributed by atoms with Crippen LogP contribution in [0.4, 0.5) is 20.6 Å². The monoisotopic (exact) mass is 426 g/mol. The zero-order chi connectivity index (χ0) is 22.2. The van der Waals surface area contributed by atoms with Crippen LogP contribution >= 0.6 is 0 Å². The molecule has 0 radical (unpaired) electrons. The number of benzene rings is 2. The van der Waals surface area contributed by atoms with Crippen molar-refractivity contribution in [1.82, 2.24) is 10.6 Å². The normalized spacial score (nSPS) is 12.6. The van der Waals surface area contributed by atoms with Crippen LogP contribution in [-0.4, -0.2) is 37.5 Å². The van der Waals surface area contributed by atoms with E-state index in [1.165, 1.54) is 24.3 Å². The predicted octanol–water partition coefficient (Wildman–Crippen LogP) is 3.46. The average Bonchev–Trinajstić information content (AvgIpc) is 2.75. The number of amides is 4. The third-order valence-electron chi connectivity index (χ3n) is 5.10. The zero-order valence-electron chi connectivity index (χ0n) is 17.5. The number of imide groups is 1. The SMILES string of the molecule is CCCCNC(=O)NC(=O)CN1CCCc2c(NC(=O)c3ccc(F)cc3)cccc21. The smallest absolute Gasteiger partial charge is 0.321 e. The minimum absolute atomic E-state index is 0.0452.